The van der Waals surface area contributed by atoms with E-state index in [0.717, 1.165) is 23.1 Å². The van der Waals surface area contributed by atoms with Crippen molar-refractivity contribution in [3.63, 3.8) is 0 Å². The number of aldehydes is 1. The van der Waals surface area contributed by atoms with Crippen LogP contribution < -0.4 is 0 Å². The van der Waals surface area contributed by atoms with Gasteiger partial charge in [0.05, 0.1) is 6.61 Å². The molecule has 7 heteroatoms. The molecule has 5 nitrogen and oxygen atoms in total. The van der Waals surface area contributed by atoms with Gasteiger partial charge in [-0.15, -0.1) is 0 Å². The monoisotopic (exact) mass is 424 g/mol. The molecule has 0 saturated heterocycles. The zero-order valence-corrected chi connectivity index (χ0v) is 17.1. The number of ether oxygens (including phenoxy) is 1. The number of hydrogen-bond acceptors (Lipinski definition) is 4. The number of carbonyl (C=O) groups excluding carboxylic acids is 2. The quantitative estimate of drug-likeness (QED) is 0.418. The maximum Gasteiger partial charge on any atom is 0.377 e. The molecule has 4 rings (SSSR count). The number of aromatic nitrogens is 2. The van der Waals surface area contributed by atoms with Crippen molar-refractivity contribution >= 4 is 23.5 Å². The molecule has 0 saturated carbocycles. The number of nitrogens with zero attached hydrogens (tertiary/aromatic N) is 2. The van der Waals surface area contributed by atoms with Gasteiger partial charge in [-0.2, -0.15) is 8.78 Å². The number of rotatable bonds is 6. The van der Waals surface area contributed by atoms with E-state index in [9.17, 15) is 18.4 Å². The molecular weight excluding hydrogens is 402 g/mol. The molecule has 0 radical (unpaired) electrons. The van der Waals surface area contributed by atoms with Gasteiger partial charge < -0.3 is 9.14 Å². The molecule has 0 aliphatic heterocycles. The van der Waals surface area contributed by atoms with Crippen LogP contribution >= 0.6 is 0 Å². The van der Waals surface area contributed by atoms with Crippen molar-refractivity contribution in [1.82, 2.24) is 9.38 Å². The maximum absolute atomic E-state index is 14.7. The van der Waals surface area contributed by atoms with E-state index in [2.05, 4.69) is 9.72 Å². The predicted octanol–water partition coefficient (Wildman–Crippen LogP) is 4.87. The van der Waals surface area contributed by atoms with Gasteiger partial charge in [0.15, 0.2) is 6.29 Å². The van der Waals surface area contributed by atoms with Gasteiger partial charge in [0.25, 0.3) is 0 Å². The van der Waals surface area contributed by atoms with Crippen molar-refractivity contribution in [2.45, 2.75) is 38.5 Å². The first-order valence-electron chi connectivity index (χ1n) is 10.2. The van der Waals surface area contributed by atoms with Gasteiger partial charge in [-0.25, -0.2) is 9.78 Å². The van der Waals surface area contributed by atoms with Crippen LogP contribution in [-0.2, 0) is 16.0 Å². The van der Waals surface area contributed by atoms with E-state index in [-0.39, 0.29) is 6.61 Å². The lowest BCUT2D eigenvalue weighted by molar-refractivity contribution is -0.171. The van der Waals surface area contributed by atoms with Crippen molar-refractivity contribution in [1.29, 1.82) is 0 Å². The Kier molecular flexibility index (Phi) is 5.67. The largest absolute Gasteiger partial charge is 0.462 e. The van der Waals surface area contributed by atoms with E-state index in [1.54, 1.807) is 22.9 Å². The fourth-order valence-electron chi connectivity index (χ4n) is 4.12. The van der Waals surface area contributed by atoms with Gasteiger partial charge in [0.2, 0.25) is 0 Å². The summed E-state index contributed by atoms with van der Waals surface area (Å²) in [7, 11) is 0. The Morgan fingerprint density at radius 3 is 2.84 bits per heavy atom. The van der Waals surface area contributed by atoms with Crippen LogP contribution in [0, 0.1) is 0 Å². The average Bonchev–Trinajstić information content (AvgIpc) is 3.08. The molecule has 1 aliphatic carbocycles. The van der Waals surface area contributed by atoms with Crippen molar-refractivity contribution in [2.24, 2.45) is 0 Å². The van der Waals surface area contributed by atoms with E-state index in [1.165, 1.54) is 6.92 Å². The first-order chi connectivity index (χ1) is 14.9. The molecule has 0 bridgehead atoms. The third kappa shape index (κ3) is 4.13. The van der Waals surface area contributed by atoms with Gasteiger partial charge >= 0.3 is 11.9 Å². The smallest absolute Gasteiger partial charge is 0.377 e. The zero-order chi connectivity index (χ0) is 22.0. The lowest BCUT2D eigenvalue weighted by Crippen LogP contribution is -2.31. The fourth-order valence-corrected chi connectivity index (χ4v) is 4.12. The number of alkyl halides is 2. The number of carbonyl (C=O) groups is 2. The minimum Gasteiger partial charge on any atom is -0.462 e. The highest BCUT2D eigenvalue weighted by Crippen LogP contribution is 2.40. The van der Waals surface area contributed by atoms with E-state index in [0.29, 0.717) is 41.6 Å². The van der Waals surface area contributed by atoms with Crippen LogP contribution in [-0.4, -0.2) is 34.2 Å². The number of aryl methyl sites for hydroxylation is 1. The Morgan fingerprint density at radius 2 is 2.06 bits per heavy atom. The average molecular weight is 424 g/mol. The molecule has 160 valence electrons. The summed E-state index contributed by atoms with van der Waals surface area (Å²) >= 11 is 0. The summed E-state index contributed by atoms with van der Waals surface area (Å²) < 4.78 is 35.8. The Hall–Kier alpha value is -3.35. The molecule has 0 spiro atoms. The summed E-state index contributed by atoms with van der Waals surface area (Å²) in [6.45, 7) is 1.41. The number of halogens is 2. The molecule has 1 aliphatic rings. The van der Waals surface area contributed by atoms with Crippen molar-refractivity contribution in [3.05, 3.63) is 76.7 Å². The highest BCUT2D eigenvalue weighted by Gasteiger charge is 2.42. The van der Waals surface area contributed by atoms with Crippen LogP contribution in [0.4, 0.5) is 8.78 Å². The normalized spacial score (nSPS) is 14.3. The van der Waals surface area contributed by atoms with E-state index in [4.69, 9.17) is 0 Å². The summed E-state index contributed by atoms with van der Waals surface area (Å²) in [5.74, 6) is -5.11. The molecule has 2 heterocycles. The zero-order valence-electron chi connectivity index (χ0n) is 17.1. The molecule has 0 fully saturated rings. The number of allylic oxidation sites excluding steroid dienone is 1. The highest BCUT2D eigenvalue weighted by molar-refractivity contribution is 5.87. The lowest BCUT2D eigenvalue weighted by Gasteiger charge is -2.20. The summed E-state index contributed by atoms with van der Waals surface area (Å²) in [5, 5.41) is 0. The summed E-state index contributed by atoms with van der Waals surface area (Å²) in [5.41, 5.74) is 4.71. The van der Waals surface area contributed by atoms with Crippen molar-refractivity contribution in [2.75, 3.05) is 6.61 Å². The fraction of sp³-hybridized carbons (Fsp3) is 0.292. The van der Waals surface area contributed by atoms with Crippen LogP contribution in [0.15, 0.2) is 54.4 Å². The van der Waals surface area contributed by atoms with E-state index >= 15 is 0 Å². The topological polar surface area (TPSA) is 60.7 Å². The minimum absolute atomic E-state index is 0.0984. The summed E-state index contributed by atoms with van der Waals surface area (Å²) in [6.07, 6.45) is 5.24. The molecule has 2 aromatic heterocycles. The Labute approximate surface area is 178 Å². The molecule has 0 amide bonds. The standard InChI is InChI=1S/C24H22F2N2O3/c1-2-31-23(30)24(25,26)13-18-8-5-7-16-6-3-4-9-20(16)22(18)17-10-11-28-14-19(15-29)27-21(28)12-17/h3-4,6,9-12,14-15H,2,5,7-8,13H2,1H3. The second-order valence-corrected chi connectivity index (χ2v) is 7.56. The minimum atomic E-state index is -3.61. The Morgan fingerprint density at radius 1 is 1.26 bits per heavy atom. The van der Waals surface area contributed by atoms with Crippen LogP contribution in [0.5, 0.6) is 0 Å². The number of fused-ring (bicyclic) bond motifs is 2. The maximum atomic E-state index is 14.7. The van der Waals surface area contributed by atoms with Crippen LogP contribution in [0.3, 0.4) is 0 Å². The van der Waals surface area contributed by atoms with E-state index in [1.807, 2.05) is 30.3 Å². The number of pyridine rings is 1. The molecule has 0 unspecified atom stereocenters. The van der Waals surface area contributed by atoms with Crippen LogP contribution in [0.25, 0.3) is 11.2 Å². The van der Waals surface area contributed by atoms with Crippen molar-refractivity contribution < 1.29 is 23.1 Å². The first-order valence-corrected chi connectivity index (χ1v) is 10.2. The first kappa shape index (κ1) is 20.9. The summed E-state index contributed by atoms with van der Waals surface area (Å²) in [6, 6.07) is 11.3. The van der Waals surface area contributed by atoms with Gasteiger partial charge in [-0.3, -0.25) is 4.79 Å². The van der Waals surface area contributed by atoms with Crippen LogP contribution in [0.1, 0.15) is 53.4 Å². The predicted molar refractivity (Wildman–Crippen MR) is 112 cm³/mol. The number of hydrogen-bond donors (Lipinski definition) is 0. The van der Waals surface area contributed by atoms with Crippen molar-refractivity contribution in [3.8, 4) is 0 Å². The third-order valence-electron chi connectivity index (χ3n) is 5.46. The number of benzene rings is 1. The summed E-state index contributed by atoms with van der Waals surface area (Å²) in [4.78, 5) is 27.2. The molecule has 0 N–H and O–H groups in total. The molecular formula is C24H22F2N2O3. The molecule has 0 atom stereocenters. The third-order valence-corrected chi connectivity index (χ3v) is 5.46. The second kappa shape index (κ2) is 8.41. The number of esters is 1. The highest BCUT2D eigenvalue weighted by atomic mass is 19.3. The van der Waals surface area contributed by atoms with Gasteiger partial charge in [0.1, 0.15) is 11.3 Å². The Bertz CT molecular complexity index is 1180. The van der Waals surface area contributed by atoms with Gasteiger partial charge in [0, 0.05) is 18.8 Å². The second-order valence-electron chi connectivity index (χ2n) is 7.56. The lowest BCUT2D eigenvalue weighted by atomic mass is 9.89. The van der Waals surface area contributed by atoms with Crippen LogP contribution in [0.2, 0.25) is 0 Å². The number of imidazole rings is 1. The Balaban J connectivity index is 1.88. The van der Waals surface area contributed by atoms with Gasteiger partial charge in [-0.1, -0.05) is 29.8 Å². The molecule has 3 aromatic rings. The van der Waals surface area contributed by atoms with E-state index < -0.39 is 18.3 Å². The van der Waals surface area contributed by atoms with Gasteiger partial charge in [-0.05, 0) is 60.6 Å². The molecule has 1 aromatic carbocycles. The SMILES string of the molecule is CCOC(=O)C(F)(F)CC1=C(c2ccn3cc(C=O)nc3c2)c2ccccc2CCC1. The molecule has 31 heavy (non-hydrogen) atoms.